The van der Waals surface area contributed by atoms with Crippen LogP contribution in [0.5, 0.6) is 0 Å². The highest BCUT2D eigenvalue weighted by Gasteiger charge is 2.50. The van der Waals surface area contributed by atoms with Gasteiger partial charge in [-0.05, 0) is 91.5 Å². The molecule has 0 saturated carbocycles. The van der Waals surface area contributed by atoms with Crippen molar-refractivity contribution >= 4 is 0 Å². The van der Waals surface area contributed by atoms with Crippen LogP contribution in [0.25, 0.3) is 0 Å². The summed E-state index contributed by atoms with van der Waals surface area (Å²) in [5.41, 5.74) is 7.28. The topological polar surface area (TPSA) is 108 Å². The summed E-state index contributed by atoms with van der Waals surface area (Å²) in [6.07, 6.45) is 32.2. The summed E-state index contributed by atoms with van der Waals surface area (Å²) in [7, 11) is 0. The second-order valence-electron chi connectivity index (χ2n) is 28.0. The Balaban J connectivity index is 1.11. The molecule has 7 aromatic rings. The molecular weight excluding hydrogens is 1240 g/mol. The van der Waals surface area contributed by atoms with E-state index in [1.54, 1.807) is 0 Å². The summed E-state index contributed by atoms with van der Waals surface area (Å²) in [4.78, 5) is 2.77. The van der Waals surface area contributed by atoms with E-state index in [9.17, 15) is 0 Å². The maximum Gasteiger partial charge on any atom is 0.187 e. The van der Waals surface area contributed by atoms with Gasteiger partial charge in [0.1, 0.15) is 36.6 Å². The highest BCUT2D eigenvalue weighted by Crippen LogP contribution is 2.35. The van der Waals surface area contributed by atoms with Crippen molar-refractivity contribution in [2.75, 3.05) is 32.8 Å². The Labute approximate surface area is 603 Å². The third-order valence-corrected chi connectivity index (χ3v) is 19.7. The lowest BCUT2D eigenvalue weighted by molar-refractivity contribution is -0.331. The minimum Gasteiger partial charge on any atom is -0.374 e. The molecule has 12 heteroatoms. The van der Waals surface area contributed by atoms with Gasteiger partial charge in [-0.3, -0.25) is 0 Å². The first-order valence-corrected chi connectivity index (χ1v) is 39.4. The van der Waals surface area contributed by atoms with E-state index in [1.807, 2.05) is 77.5 Å². The van der Waals surface area contributed by atoms with Crippen LogP contribution < -0.4 is 0 Å². The Hall–Kier alpha value is -5.90. The van der Waals surface area contributed by atoms with Crippen molar-refractivity contribution < 1.29 is 37.9 Å². The quantitative estimate of drug-likeness (QED) is 0.0340. The Kier molecular flexibility index (Phi) is 40.3. The molecule has 1 saturated heterocycles. The van der Waals surface area contributed by atoms with E-state index in [0.29, 0.717) is 33.0 Å². The second-order valence-corrected chi connectivity index (χ2v) is 28.0. The monoisotopic (exact) mass is 1370 g/mol. The number of ether oxygens (including phenoxy) is 8. The summed E-state index contributed by atoms with van der Waals surface area (Å²) in [5, 5.41) is 10.1. The molecule has 1 aromatic heterocycles. The number of aromatic nitrogens is 3. The van der Waals surface area contributed by atoms with Gasteiger partial charge >= 0.3 is 0 Å². The van der Waals surface area contributed by atoms with Gasteiger partial charge in [-0.25, -0.2) is 4.68 Å². The average Bonchev–Trinajstić information content (AvgIpc) is 0.813. The minimum atomic E-state index is -0.968. The summed E-state index contributed by atoms with van der Waals surface area (Å²) in [6.45, 7) is 13.0. The average molecular weight is 1370 g/mol. The third-order valence-electron chi connectivity index (χ3n) is 19.7. The lowest BCUT2D eigenvalue weighted by Crippen LogP contribution is -2.62. The Morgan fingerprint density at radius 3 is 1.23 bits per heavy atom. The summed E-state index contributed by atoms with van der Waals surface area (Å²) < 4.78 is 59.9. The first-order chi connectivity index (χ1) is 49.6. The van der Waals surface area contributed by atoms with Crippen LogP contribution in [0, 0.1) is 0 Å². The summed E-state index contributed by atoms with van der Waals surface area (Å²) in [6, 6.07) is 61.7. The van der Waals surface area contributed by atoms with E-state index >= 15 is 0 Å². The molecule has 100 heavy (non-hydrogen) atoms. The molecule has 0 unspecified atom stereocenters. The fourth-order valence-electron chi connectivity index (χ4n) is 13.7. The molecule has 546 valence electrons. The van der Waals surface area contributed by atoms with Crippen LogP contribution in [0.3, 0.4) is 0 Å². The summed E-state index contributed by atoms with van der Waals surface area (Å²) in [5.74, 6) is 0. The first-order valence-electron chi connectivity index (χ1n) is 39.4. The number of unbranched alkanes of at least 4 members (excludes halogenated alkanes) is 22. The molecule has 8 rings (SSSR count). The number of aryl methyl sites for hydroxylation is 1. The van der Waals surface area contributed by atoms with Gasteiger partial charge in [0.05, 0.1) is 64.7 Å². The third kappa shape index (κ3) is 31.4. The lowest BCUT2D eigenvalue weighted by Gasteiger charge is -2.46. The van der Waals surface area contributed by atoms with Gasteiger partial charge in [-0.2, -0.15) is 0 Å². The molecular formula is C88H126N4O8. The molecule has 1 aliphatic heterocycles. The van der Waals surface area contributed by atoms with Crippen molar-refractivity contribution in [3.05, 3.63) is 227 Å². The van der Waals surface area contributed by atoms with Crippen LogP contribution in [0.4, 0.5) is 0 Å². The number of rotatable bonds is 57. The SMILES string of the molecule is CCCCCCCCCCCCCC[C@@H](OCc1ccccc1)[C@@H](OCc1ccccc1)[C@H](CO[C@H]1O[C@H](COCc2ccccc2)[C@H](OCc2ccccc2)[C@H](OCc2ccccc2)[C@H]1OCc1ccccc1)n1cc(CCCCCCN(CCCCCCC)CCCCCCC)nn1. The second kappa shape index (κ2) is 50.5. The molecule has 6 aromatic carbocycles. The molecule has 0 spiro atoms. The lowest BCUT2D eigenvalue weighted by atomic mass is 9.97. The fourth-order valence-corrected chi connectivity index (χ4v) is 13.7. The van der Waals surface area contributed by atoms with E-state index in [-0.39, 0.29) is 25.9 Å². The fraction of sp³-hybridized carbons (Fsp3) is 0.568. The maximum absolute atomic E-state index is 7.52. The largest absolute Gasteiger partial charge is 0.374 e. The molecule has 0 amide bonds. The van der Waals surface area contributed by atoms with Crippen LogP contribution in [0.15, 0.2) is 188 Å². The molecule has 2 heterocycles. The van der Waals surface area contributed by atoms with Gasteiger partial charge in [-0.1, -0.05) is 349 Å². The van der Waals surface area contributed by atoms with Crippen LogP contribution in [-0.4, -0.2) is 95.7 Å². The van der Waals surface area contributed by atoms with Gasteiger partial charge in [0, 0.05) is 6.20 Å². The van der Waals surface area contributed by atoms with Crippen molar-refractivity contribution in [3.63, 3.8) is 0 Å². The molecule has 12 nitrogen and oxygen atoms in total. The van der Waals surface area contributed by atoms with Crippen molar-refractivity contribution in [3.8, 4) is 0 Å². The van der Waals surface area contributed by atoms with E-state index in [2.05, 4.69) is 141 Å². The first kappa shape index (κ1) is 79.8. The van der Waals surface area contributed by atoms with Crippen molar-refractivity contribution in [1.29, 1.82) is 0 Å². The van der Waals surface area contributed by atoms with Crippen LogP contribution in [-0.2, 0) is 84.0 Å². The predicted octanol–water partition coefficient (Wildman–Crippen LogP) is 21.1. The zero-order chi connectivity index (χ0) is 69.4. The highest BCUT2D eigenvalue weighted by molar-refractivity contribution is 5.18. The number of nitrogens with zero attached hydrogens (tertiary/aromatic N) is 4. The zero-order valence-corrected chi connectivity index (χ0v) is 61.6. The normalized spacial score (nSPS) is 17.2. The van der Waals surface area contributed by atoms with Gasteiger partial charge in [0.2, 0.25) is 0 Å². The van der Waals surface area contributed by atoms with Crippen molar-refractivity contribution in [2.45, 2.75) is 289 Å². The Morgan fingerprint density at radius 2 is 0.770 bits per heavy atom. The number of benzene rings is 6. The summed E-state index contributed by atoms with van der Waals surface area (Å²) >= 11 is 0. The van der Waals surface area contributed by atoms with Crippen LogP contribution in [0.2, 0.25) is 0 Å². The predicted molar refractivity (Wildman–Crippen MR) is 407 cm³/mol. The van der Waals surface area contributed by atoms with E-state index in [1.165, 1.54) is 161 Å². The van der Waals surface area contributed by atoms with E-state index in [4.69, 9.17) is 48.2 Å². The molecule has 1 aliphatic rings. The maximum atomic E-state index is 7.52. The standard InChI is InChI=1S/C88H126N4O8/c1-4-7-10-13-14-15-16-17-18-19-20-44-61-82(94-67-75-50-33-26-34-51-75)84(95-68-76-52-35-27-36-53-76)81(92-65-80(89-90-92)60-43-21-24-47-64-91(62-45-22-11-8-5-2)63-46-23-12-9-6-3)72-99-88-87(98-71-79-58-41-30-42-59-79)86(97-70-78-56-39-29-40-57-78)85(96-69-77-54-37-28-38-55-77)83(100-88)73-93-66-74-48-31-25-32-49-74/h25-42,48-59,65,81-88H,4-24,43-47,60-64,66-73H2,1-3H3/t81-,82+,83+,84-,85-,86-,87+,88-/m0/s1. The van der Waals surface area contributed by atoms with E-state index in [0.717, 1.165) is 77.6 Å². The van der Waals surface area contributed by atoms with Crippen molar-refractivity contribution in [2.24, 2.45) is 0 Å². The Morgan fingerprint density at radius 1 is 0.390 bits per heavy atom. The molecule has 1 fully saturated rings. The minimum absolute atomic E-state index is 0.119. The molecule has 0 N–H and O–H groups in total. The molecule has 0 bridgehead atoms. The van der Waals surface area contributed by atoms with Crippen molar-refractivity contribution in [1.82, 2.24) is 19.9 Å². The van der Waals surface area contributed by atoms with Gasteiger partial charge in [0.15, 0.2) is 6.29 Å². The van der Waals surface area contributed by atoms with Crippen LogP contribution in [0.1, 0.15) is 239 Å². The van der Waals surface area contributed by atoms with Gasteiger partial charge in [0.25, 0.3) is 0 Å². The highest BCUT2D eigenvalue weighted by atomic mass is 16.7. The Bertz CT molecular complexity index is 3020. The van der Waals surface area contributed by atoms with Gasteiger partial charge < -0.3 is 42.8 Å². The molecule has 0 radical (unpaired) electrons. The zero-order valence-electron chi connectivity index (χ0n) is 61.6. The van der Waals surface area contributed by atoms with E-state index < -0.39 is 42.9 Å². The molecule has 8 atom stereocenters. The number of hydrogen-bond acceptors (Lipinski definition) is 11. The van der Waals surface area contributed by atoms with Crippen LogP contribution >= 0.6 is 0 Å². The number of hydrogen-bond donors (Lipinski definition) is 0. The van der Waals surface area contributed by atoms with Gasteiger partial charge in [-0.15, -0.1) is 5.10 Å². The smallest absolute Gasteiger partial charge is 0.187 e. The molecule has 0 aliphatic carbocycles.